The number of hydrogen-bond donors (Lipinski definition) is 1. The summed E-state index contributed by atoms with van der Waals surface area (Å²) in [6.45, 7) is 16.9. The lowest BCUT2D eigenvalue weighted by molar-refractivity contribution is 0.175. The minimum atomic E-state index is -3.51. The third-order valence-electron chi connectivity index (χ3n) is 6.87. The molecule has 42 heavy (non-hydrogen) atoms. The van der Waals surface area contributed by atoms with Gasteiger partial charge in [-0.2, -0.15) is 4.31 Å². The first-order valence-corrected chi connectivity index (χ1v) is 17.8. The minimum Gasteiger partial charge on any atom is -0.358 e. The predicted octanol–water partition coefficient (Wildman–Crippen LogP) is 5.53. The molecule has 1 aromatic heterocycles. The van der Waals surface area contributed by atoms with E-state index in [2.05, 4.69) is 34.4 Å². The first-order chi connectivity index (χ1) is 20.1. The number of nitrogens with two attached hydrogens (primary N) is 1. The molecule has 0 amide bonds. The number of allylic oxidation sites excluding steroid dienone is 5. The van der Waals surface area contributed by atoms with Crippen molar-refractivity contribution in [2.45, 2.75) is 52.7 Å². The van der Waals surface area contributed by atoms with Crippen molar-refractivity contribution in [3.8, 4) is 0 Å². The van der Waals surface area contributed by atoms with E-state index in [1.807, 2.05) is 56.5 Å². The van der Waals surface area contributed by atoms with Crippen molar-refractivity contribution in [2.24, 2.45) is 10.7 Å². The maximum atomic E-state index is 12.8. The number of sulfonamides is 1. The Labute approximate surface area is 262 Å². The molecule has 1 fully saturated rings. The normalized spacial score (nSPS) is 18.2. The molecule has 0 bridgehead atoms. The summed E-state index contributed by atoms with van der Waals surface area (Å²) in [6, 6.07) is -0.493. The van der Waals surface area contributed by atoms with E-state index in [4.69, 9.17) is 10.7 Å². The first kappa shape index (κ1) is 35.9. The number of nitrogens with zero attached hydrogens (tertiary/aromatic N) is 5. The van der Waals surface area contributed by atoms with Crippen LogP contribution in [-0.4, -0.2) is 91.5 Å². The summed E-state index contributed by atoms with van der Waals surface area (Å²) in [5.41, 5.74) is 7.16. The molecule has 0 spiro atoms. The van der Waals surface area contributed by atoms with Gasteiger partial charge in [0.05, 0.1) is 0 Å². The standard InChI is InChI=1S/C31H48N6O2S3/c1-8-11-12-16-29(33-10-3)37-21-19-36(20-22-37)24-28-23-34-30(41-28)18-17-27(26(5)32)15-13-14-25(4)35(6)42(38,39)31(9-2)40-7/h8-9,11-15,17-18,23,25-26H,1,10,16,19-22,24,32H2,2-7H3/b12-11-,14-13-,18-17+,27-15-,31-9+,33-29?. The quantitative estimate of drug-likeness (QED) is 0.154. The third kappa shape index (κ3) is 11.1. The molecule has 1 saturated heterocycles. The number of hydrogen-bond acceptors (Lipinski definition) is 8. The Morgan fingerprint density at radius 2 is 2.00 bits per heavy atom. The lowest BCUT2D eigenvalue weighted by Gasteiger charge is -2.36. The lowest BCUT2D eigenvalue weighted by Crippen LogP contribution is -2.48. The summed E-state index contributed by atoms with van der Waals surface area (Å²) in [5.74, 6) is 1.15. The van der Waals surface area contributed by atoms with Crippen LogP contribution in [0.1, 0.15) is 44.0 Å². The zero-order chi connectivity index (χ0) is 31.1. The smallest absolute Gasteiger partial charge is 0.249 e. The highest BCUT2D eigenvalue weighted by Crippen LogP contribution is 2.24. The Morgan fingerprint density at radius 1 is 1.29 bits per heavy atom. The Bertz CT molecular complexity index is 1280. The van der Waals surface area contributed by atoms with Crippen molar-refractivity contribution >= 4 is 45.0 Å². The maximum absolute atomic E-state index is 12.8. The zero-order valence-electron chi connectivity index (χ0n) is 25.9. The van der Waals surface area contributed by atoms with Crippen molar-refractivity contribution in [1.29, 1.82) is 0 Å². The number of aromatic nitrogens is 1. The van der Waals surface area contributed by atoms with E-state index in [9.17, 15) is 8.42 Å². The van der Waals surface area contributed by atoms with Crippen molar-refractivity contribution in [1.82, 2.24) is 19.1 Å². The Hall–Kier alpha value is -2.28. The molecule has 8 nitrogen and oxygen atoms in total. The second-order valence-corrected chi connectivity index (χ2v) is 14.2. The van der Waals surface area contributed by atoms with Gasteiger partial charge in [-0.25, -0.2) is 13.4 Å². The van der Waals surface area contributed by atoms with Gasteiger partial charge in [0, 0.05) is 75.9 Å². The topological polar surface area (TPSA) is 95.1 Å². The van der Waals surface area contributed by atoms with E-state index in [-0.39, 0.29) is 12.1 Å². The zero-order valence-corrected chi connectivity index (χ0v) is 28.4. The van der Waals surface area contributed by atoms with Gasteiger partial charge in [-0.1, -0.05) is 55.2 Å². The van der Waals surface area contributed by atoms with Crippen molar-refractivity contribution in [2.75, 3.05) is 46.0 Å². The molecule has 2 rings (SSSR count). The number of thiazole rings is 1. The molecule has 1 aliphatic heterocycles. The van der Waals surface area contributed by atoms with Gasteiger partial charge < -0.3 is 10.6 Å². The molecule has 2 heterocycles. The second kappa shape index (κ2) is 18.4. The van der Waals surface area contributed by atoms with Crippen LogP contribution < -0.4 is 5.73 Å². The van der Waals surface area contributed by atoms with E-state index in [0.717, 1.165) is 62.1 Å². The van der Waals surface area contributed by atoms with E-state index in [1.54, 1.807) is 43.7 Å². The summed E-state index contributed by atoms with van der Waals surface area (Å²) >= 11 is 2.92. The molecule has 2 atom stereocenters. The van der Waals surface area contributed by atoms with Crippen LogP contribution in [0.5, 0.6) is 0 Å². The molecule has 0 radical (unpaired) electrons. The van der Waals surface area contributed by atoms with Crippen molar-refractivity contribution < 1.29 is 8.42 Å². The molecule has 0 aliphatic carbocycles. The largest absolute Gasteiger partial charge is 0.358 e. The molecule has 0 aromatic carbocycles. The SMILES string of the molecule is C=C/C=C\CC(=NCC)N1CCN(Cc2cnc(/C=C/C(=C/C=C\C(C)N(C)S(=O)(=O)/C(=C/C)SC)C(C)N)s2)CC1. The molecule has 0 saturated carbocycles. The first-order valence-electron chi connectivity index (χ1n) is 14.3. The molecule has 2 unspecified atom stereocenters. The maximum Gasteiger partial charge on any atom is 0.249 e. The fourth-order valence-electron chi connectivity index (χ4n) is 4.31. The number of likely N-dealkylation sites (N-methyl/N-ethyl adjacent to an activating group) is 1. The number of amidine groups is 1. The summed E-state index contributed by atoms with van der Waals surface area (Å²) in [5, 5.41) is 0.931. The van der Waals surface area contributed by atoms with Crippen LogP contribution in [-0.2, 0) is 16.6 Å². The third-order valence-corrected chi connectivity index (χ3v) is 11.4. The van der Waals surface area contributed by atoms with Crippen LogP contribution in [0.25, 0.3) is 6.08 Å². The predicted molar refractivity (Wildman–Crippen MR) is 184 cm³/mol. The average Bonchev–Trinajstić information content (AvgIpc) is 3.41. The van der Waals surface area contributed by atoms with Gasteiger partial charge in [-0.05, 0) is 45.6 Å². The molecular weight excluding hydrogens is 585 g/mol. The fourth-order valence-corrected chi connectivity index (χ4v) is 7.69. The van der Waals surface area contributed by atoms with Crippen LogP contribution in [0.4, 0.5) is 0 Å². The Morgan fingerprint density at radius 3 is 2.60 bits per heavy atom. The van der Waals surface area contributed by atoms with E-state index >= 15 is 0 Å². The van der Waals surface area contributed by atoms with Gasteiger partial charge in [-0.15, -0.1) is 23.1 Å². The monoisotopic (exact) mass is 632 g/mol. The van der Waals surface area contributed by atoms with E-state index in [0.29, 0.717) is 4.24 Å². The fraction of sp³-hybridized carbons (Fsp3) is 0.484. The van der Waals surface area contributed by atoms with Crippen LogP contribution in [0.2, 0.25) is 0 Å². The molecule has 2 N–H and O–H groups in total. The number of piperazine rings is 1. The molecule has 1 aliphatic rings. The Kier molecular flexibility index (Phi) is 15.7. The van der Waals surface area contributed by atoms with Gasteiger partial charge in [0.15, 0.2) is 0 Å². The summed E-state index contributed by atoms with van der Waals surface area (Å²) < 4.78 is 27.3. The van der Waals surface area contributed by atoms with Gasteiger partial charge in [0.25, 0.3) is 0 Å². The van der Waals surface area contributed by atoms with Gasteiger partial charge in [0.2, 0.25) is 10.0 Å². The second-order valence-electron chi connectivity index (χ2n) is 9.93. The van der Waals surface area contributed by atoms with Crippen LogP contribution in [0.3, 0.4) is 0 Å². The highest BCUT2D eigenvalue weighted by Gasteiger charge is 2.25. The molecule has 1 aromatic rings. The molecule has 11 heteroatoms. The van der Waals surface area contributed by atoms with Crippen LogP contribution in [0, 0.1) is 0 Å². The lowest BCUT2D eigenvalue weighted by atomic mass is 10.1. The minimum absolute atomic E-state index is 0.182. The van der Waals surface area contributed by atoms with Gasteiger partial charge in [0.1, 0.15) is 15.1 Å². The van der Waals surface area contributed by atoms with E-state index < -0.39 is 10.0 Å². The molecule has 232 valence electrons. The summed E-state index contributed by atoms with van der Waals surface area (Å²) in [6.07, 6.45) is 21.7. The number of rotatable bonds is 15. The highest BCUT2D eigenvalue weighted by atomic mass is 32.3. The summed E-state index contributed by atoms with van der Waals surface area (Å²) in [4.78, 5) is 15.4. The van der Waals surface area contributed by atoms with Crippen molar-refractivity contribution in [3.05, 3.63) is 81.1 Å². The van der Waals surface area contributed by atoms with Crippen LogP contribution >= 0.6 is 23.1 Å². The van der Waals surface area contributed by atoms with Crippen LogP contribution in [0.15, 0.2) is 76.2 Å². The van der Waals surface area contributed by atoms with Crippen molar-refractivity contribution in [3.63, 3.8) is 0 Å². The van der Waals surface area contributed by atoms with Gasteiger partial charge in [-0.3, -0.25) is 9.89 Å². The van der Waals surface area contributed by atoms with E-state index in [1.165, 1.54) is 20.9 Å². The highest BCUT2D eigenvalue weighted by molar-refractivity contribution is 8.17. The summed E-state index contributed by atoms with van der Waals surface area (Å²) in [7, 11) is -1.91. The molecular formula is C31H48N6O2S3. The van der Waals surface area contributed by atoms with Gasteiger partial charge >= 0.3 is 0 Å². The number of thioether (sulfide) groups is 1. The Balaban J connectivity index is 1.98. The number of aliphatic imine (C=N–C) groups is 1. The average molecular weight is 633 g/mol.